The van der Waals surface area contributed by atoms with Crippen LogP contribution in [-0.2, 0) is 16.0 Å². The number of allylic oxidation sites excluding steroid dienone is 1. The van der Waals surface area contributed by atoms with Crippen molar-refractivity contribution < 1.29 is 9.53 Å². The summed E-state index contributed by atoms with van der Waals surface area (Å²) in [5.41, 5.74) is 0.711. The fourth-order valence-electron chi connectivity index (χ4n) is 1.75. The van der Waals surface area contributed by atoms with Crippen molar-refractivity contribution in [2.75, 3.05) is 0 Å². The van der Waals surface area contributed by atoms with Crippen LogP contribution in [0.3, 0.4) is 0 Å². The summed E-state index contributed by atoms with van der Waals surface area (Å²) in [6, 6.07) is 9.99. The predicted molar refractivity (Wildman–Crippen MR) is 74.3 cm³/mol. The lowest BCUT2D eigenvalue weighted by molar-refractivity contribution is -0.159. The molecule has 0 aliphatic carbocycles. The highest BCUT2D eigenvalue weighted by Crippen LogP contribution is 2.18. The van der Waals surface area contributed by atoms with Crippen LogP contribution >= 0.6 is 0 Å². The van der Waals surface area contributed by atoms with Gasteiger partial charge in [-0.05, 0) is 39.2 Å². The average Bonchev–Trinajstić information content (AvgIpc) is 2.27. The topological polar surface area (TPSA) is 26.3 Å². The zero-order valence-corrected chi connectivity index (χ0v) is 11.5. The highest BCUT2D eigenvalue weighted by molar-refractivity contribution is 5.73. The van der Waals surface area contributed by atoms with Crippen LogP contribution in [0.2, 0.25) is 0 Å². The van der Waals surface area contributed by atoms with Crippen LogP contribution in [0.5, 0.6) is 0 Å². The number of carbonyl (C=O) groups is 1. The molecule has 1 aromatic rings. The highest BCUT2D eigenvalue weighted by Gasteiger charge is 2.24. The minimum absolute atomic E-state index is 0.147. The van der Waals surface area contributed by atoms with Crippen LogP contribution in [0.4, 0.5) is 0 Å². The molecule has 0 heterocycles. The number of carbonyl (C=O) groups excluding carboxylic acids is 1. The van der Waals surface area contributed by atoms with Crippen LogP contribution in [-0.4, -0.2) is 11.6 Å². The first-order valence-corrected chi connectivity index (χ1v) is 6.30. The van der Waals surface area contributed by atoms with Crippen molar-refractivity contribution >= 4 is 5.97 Å². The summed E-state index contributed by atoms with van der Waals surface area (Å²) in [4.78, 5) is 12.1. The number of hydrogen-bond donors (Lipinski definition) is 0. The molecule has 0 unspecified atom stereocenters. The summed E-state index contributed by atoms with van der Waals surface area (Å²) in [7, 11) is 0. The summed E-state index contributed by atoms with van der Waals surface area (Å²) in [5, 5.41) is 0. The zero-order chi connectivity index (χ0) is 13.6. The van der Waals surface area contributed by atoms with E-state index in [0.29, 0.717) is 12.8 Å². The molecule has 0 radical (unpaired) electrons. The number of esters is 1. The first kappa shape index (κ1) is 14.5. The van der Waals surface area contributed by atoms with E-state index in [1.165, 1.54) is 0 Å². The Kier molecular flexibility index (Phi) is 5.14. The lowest BCUT2D eigenvalue weighted by atomic mass is 9.96. The molecule has 18 heavy (non-hydrogen) atoms. The Hall–Kier alpha value is -1.57. The minimum Gasteiger partial charge on any atom is -0.460 e. The zero-order valence-electron chi connectivity index (χ0n) is 11.5. The Morgan fingerprint density at radius 2 is 1.94 bits per heavy atom. The van der Waals surface area contributed by atoms with Gasteiger partial charge in [0.25, 0.3) is 0 Å². The molecular weight excluding hydrogens is 224 g/mol. The first-order chi connectivity index (χ1) is 8.42. The lowest BCUT2D eigenvalue weighted by Crippen LogP contribution is -2.29. The van der Waals surface area contributed by atoms with Crippen molar-refractivity contribution in [2.45, 2.75) is 39.2 Å². The molecule has 2 heteroatoms. The fourth-order valence-corrected chi connectivity index (χ4v) is 1.75. The summed E-state index contributed by atoms with van der Waals surface area (Å²) >= 11 is 0. The molecule has 0 aromatic heterocycles. The normalized spacial score (nSPS) is 12.8. The molecule has 0 aliphatic heterocycles. The highest BCUT2D eigenvalue weighted by atomic mass is 16.6. The Morgan fingerprint density at radius 3 is 2.44 bits per heavy atom. The summed E-state index contributed by atoms with van der Waals surface area (Å²) in [6.45, 7) is 9.38. The molecular formula is C16H22O2. The Bertz CT molecular complexity index is 387. The van der Waals surface area contributed by atoms with Crippen molar-refractivity contribution in [1.82, 2.24) is 0 Å². The average molecular weight is 246 g/mol. The van der Waals surface area contributed by atoms with Gasteiger partial charge < -0.3 is 4.74 Å². The van der Waals surface area contributed by atoms with Crippen molar-refractivity contribution in [3.05, 3.63) is 48.6 Å². The quantitative estimate of drug-likeness (QED) is 0.584. The van der Waals surface area contributed by atoms with E-state index in [2.05, 4.69) is 6.58 Å². The van der Waals surface area contributed by atoms with E-state index in [9.17, 15) is 4.79 Å². The van der Waals surface area contributed by atoms with Crippen molar-refractivity contribution in [3.63, 3.8) is 0 Å². The van der Waals surface area contributed by atoms with Crippen LogP contribution < -0.4 is 0 Å². The minimum atomic E-state index is -0.437. The van der Waals surface area contributed by atoms with E-state index in [4.69, 9.17) is 4.74 Å². The second-order valence-electron chi connectivity index (χ2n) is 5.44. The molecule has 1 aromatic carbocycles. The van der Waals surface area contributed by atoms with Gasteiger partial charge in [0, 0.05) is 0 Å². The molecule has 0 aliphatic rings. The second-order valence-corrected chi connectivity index (χ2v) is 5.44. The Labute approximate surface area is 110 Å². The van der Waals surface area contributed by atoms with Crippen LogP contribution in [0, 0.1) is 5.92 Å². The van der Waals surface area contributed by atoms with E-state index in [1.807, 2.05) is 51.1 Å². The predicted octanol–water partition coefficient (Wildman–Crippen LogP) is 3.76. The maximum atomic E-state index is 12.1. The third kappa shape index (κ3) is 5.17. The van der Waals surface area contributed by atoms with Crippen LogP contribution in [0.25, 0.3) is 0 Å². The first-order valence-electron chi connectivity index (χ1n) is 6.30. The van der Waals surface area contributed by atoms with Gasteiger partial charge in [0.15, 0.2) is 0 Å². The van der Waals surface area contributed by atoms with Gasteiger partial charge >= 0.3 is 5.97 Å². The van der Waals surface area contributed by atoms with Gasteiger partial charge in [0.2, 0.25) is 0 Å². The molecule has 0 N–H and O–H groups in total. The molecule has 98 valence electrons. The molecule has 0 spiro atoms. The standard InChI is InChI=1S/C16H22O2/c1-5-9-14(15(17)18-16(2,3)4)12-13-10-7-6-8-11-13/h5-8,10-11,14H,1,9,12H2,2-4H3/t14-/m1/s1. The third-order valence-corrected chi connectivity index (χ3v) is 2.52. The van der Waals surface area contributed by atoms with Crippen molar-refractivity contribution in [2.24, 2.45) is 5.92 Å². The number of benzene rings is 1. The van der Waals surface area contributed by atoms with E-state index in [-0.39, 0.29) is 11.9 Å². The molecule has 0 bridgehead atoms. The Balaban J connectivity index is 2.71. The summed E-state index contributed by atoms with van der Waals surface area (Å²) < 4.78 is 5.44. The number of ether oxygens (including phenoxy) is 1. The van der Waals surface area contributed by atoms with E-state index in [1.54, 1.807) is 6.08 Å². The second kappa shape index (κ2) is 6.39. The maximum absolute atomic E-state index is 12.1. The van der Waals surface area contributed by atoms with Gasteiger partial charge in [0.1, 0.15) is 5.60 Å². The van der Waals surface area contributed by atoms with Crippen LogP contribution in [0.1, 0.15) is 32.8 Å². The molecule has 2 nitrogen and oxygen atoms in total. The fraction of sp³-hybridized carbons (Fsp3) is 0.438. The maximum Gasteiger partial charge on any atom is 0.310 e. The van der Waals surface area contributed by atoms with Gasteiger partial charge in [-0.1, -0.05) is 36.4 Å². The van der Waals surface area contributed by atoms with Crippen molar-refractivity contribution in [1.29, 1.82) is 0 Å². The molecule has 0 amide bonds. The molecule has 0 fully saturated rings. The smallest absolute Gasteiger partial charge is 0.310 e. The van der Waals surface area contributed by atoms with Gasteiger partial charge in [-0.3, -0.25) is 4.79 Å². The molecule has 1 rings (SSSR count). The summed E-state index contributed by atoms with van der Waals surface area (Å²) in [5.74, 6) is -0.296. The van der Waals surface area contributed by atoms with E-state index < -0.39 is 5.60 Å². The van der Waals surface area contributed by atoms with Crippen LogP contribution in [0.15, 0.2) is 43.0 Å². The van der Waals surface area contributed by atoms with Gasteiger partial charge in [-0.15, -0.1) is 6.58 Å². The van der Waals surface area contributed by atoms with Gasteiger partial charge in [-0.25, -0.2) is 0 Å². The molecule has 1 atom stereocenters. The number of hydrogen-bond acceptors (Lipinski definition) is 2. The summed E-state index contributed by atoms with van der Waals surface area (Å²) in [6.07, 6.45) is 3.11. The van der Waals surface area contributed by atoms with Gasteiger partial charge in [0.05, 0.1) is 5.92 Å². The lowest BCUT2D eigenvalue weighted by Gasteiger charge is -2.23. The monoisotopic (exact) mass is 246 g/mol. The third-order valence-electron chi connectivity index (χ3n) is 2.52. The van der Waals surface area contributed by atoms with Crippen molar-refractivity contribution in [3.8, 4) is 0 Å². The molecule has 0 saturated carbocycles. The van der Waals surface area contributed by atoms with E-state index >= 15 is 0 Å². The van der Waals surface area contributed by atoms with E-state index in [0.717, 1.165) is 5.56 Å². The SMILES string of the molecule is C=CC[C@H](Cc1ccccc1)C(=O)OC(C)(C)C. The Morgan fingerprint density at radius 1 is 1.33 bits per heavy atom. The molecule has 0 saturated heterocycles. The largest absolute Gasteiger partial charge is 0.460 e. The van der Waals surface area contributed by atoms with Gasteiger partial charge in [-0.2, -0.15) is 0 Å². The number of rotatable bonds is 5.